The molecule has 0 amide bonds. The molecule has 0 atom stereocenters. The summed E-state index contributed by atoms with van der Waals surface area (Å²) in [6.45, 7) is 8.92. The van der Waals surface area contributed by atoms with Crippen molar-refractivity contribution in [3.63, 3.8) is 0 Å². The lowest BCUT2D eigenvalue weighted by atomic mass is 10.4. The summed E-state index contributed by atoms with van der Waals surface area (Å²) in [4.78, 5) is 13.8. The molecule has 0 saturated heterocycles. The monoisotopic (exact) mass is 331 g/mol. The Morgan fingerprint density at radius 3 is 1.64 bits per heavy atom. The van der Waals surface area contributed by atoms with Crippen LogP contribution in [0.2, 0.25) is 6.04 Å². The molecule has 0 bridgehead atoms. The lowest BCUT2D eigenvalue weighted by Gasteiger charge is -2.29. The molecule has 0 saturated carbocycles. The fourth-order valence-electron chi connectivity index (χ4n) is 1.88. The van der Waals surface area contributed by atoms with Crippen LogP contribution in [0.4, 0.5) is 0 Å². The van der Waals surface area contributed by atoms with Gasteiger partial charge in [0.2, 0.25) is 6.08 Å². The Bertz CT molecular complexity index is 269. The van der Waals surface area contributed by atoms with E-state index in [0.717, 1.165) is 51.0 Å². The second kappa shape index (κ2) is 15.4. The van der Waals surface area contributed by atoms with Gasteiger partial charge in [-0.25, -0.2) is 9.79 Å². The fourth-order valence-corrected chi connectivity index (χ4v) is 4.52. The van der Waals surface area contributed by atoms with Crippen molar-refractivity contribution in [1.29, 1.82) is 0 Å². The predicted octanol–water partition coefficient (Wildman–Crippen LogP) is 4.10. The van der Waals surface area contributed by atoms with E-state index in [1.54, 1.807) is 6.08 Å². The Hall–Kier alpha value is -0.523. The summed E-state index contributed by atoms with van der Waals surface area (Å²) in [5, 5.41) is 0. The van der Waals surface area contributed by atoms with Crippen molar-refractivity contribution in [3.8, 4) is 0 Å². The van der Waals surface area contributed by atoms with Crippen LogP contribution in [0.3, 0.4) is 0 Å². The predicted molar refractivity (Wildman–Crippen MR) is 90.7 cm³/mol. The summed E-state index contributed by atoms with van der Waals surface area (Å²) in [5.41, 5.74) is 0. The van der Waals surface area contributed by atoms with Crippen molar-refractivity contribution in [1.82, 2.24) is 0 Å². The van der Waals surface area contributed by atoms with Gasteiger partial charge in [-0.3, -0.25) is 0 Å². The summed E-state index contributed by atoms with van der Waals surface area (Å²) < 4.78 is 18.3. The maximum Gasteiger partial charge on any atom is 0.501 e. The third-order valence-corrected chi connectivity index (χ3v) is 6.17. The number of aliphatic imine (C=N–C) groups is 1. The minimum Gasteiger partial charge on any atom is -0.373 e. The van der Waals surface area contributed by atoms with Crippen LogP contribution in [0, 0.1) is 0 Å². The van der Waals surface area contributed by atoms with Crippen LogP contribution in [-0.2, 0) is 18.1 Å². The first kappa shape index (κ1) is 21.5. The third kappa shape index (κ3) is 11.1. The number of nitrogens with zero attached hydrogens (tertiary/aromatic N) is 1. The lowest BCUT2D eigenvalue weighted by molar-refractivity contribution is 0.0560. The highest BCUT2D eigenvalue weighted by Gasteiger charge is 2.40. The van der Waals surface area contributed by atoms with Crippen LogP contribution in [0.5, 0.6) is 0 Å². The Kier molecular flexibility index (Phi) is 15.0. The summed E-state index contributed by atoms with van der Waals surface area (Å²) in [7, 11) is -2.65. The molecule has 0 fully saturated rings. The van der Waals surface area contributed by atoms with Gasteiger partial charge >= 0.3 is 8.80 Å². The molecule has 0 spiro atoms. The van der Waals surface area contributed by atoms with Crippen molar-refractivity contribution < 1.29 is 18.1 Å². The average molecular weight is 332 g/mol. The smallest absolute Gasteiger partial charge is 0.373 e. The fraction of sp³-hybridized carbons (Fsp3) is 0.938. The highest BCUT2D eigenvalue weighted by Crippen LogP contribution is 2.20. The molecule has 0 aliphatic heterocycles. The van der Waals surface area contributed by atoms with E-state index in [1.165, 1.54) is 0 Å². The van der Waals surface area contributed by atoms with E-state index in [1.807, 2.05) is 0 Å². The normalized spacial score (nSPS) is 11.4. The number of carbonyl (C=O) groups excluding carboxylic acids is 1. The Labute approximate surface area is 136 Å². The SMILES string of the molecule is CCCCO[Si](CCCN=C=O)(OCCCC)OCCCC. The zero-order chi connectivity index (χ0) is 16.5. The minimum absolute atomic E-state index is 0.462. The highest BCUT2D eigenvalue weighted by atomic mass is 28.4. The maximum atomic E-state index is 10.2. The van der Waals surface area contributed by atoms with E-state index >= 15 is 0 Å². The molecule has 0 aliphatic rings. The molecule has 0 N–H and O–H groups in total. The molecule has 0 radical (unpaired) electrons. The Balaban J connectivity index is 4.63. The molecule has 0 heterocycles. The average Bonchev–Trinajstić information content (AvgIpc) is 2.52. The standard InChI is InChI=1S/C16H33NO4Si/c1-4-7-12-19-22(20-13-8-5-2,21-14-9-6-3)15-10-11-17-16-18/h4-15H2,1-3H3. The first-order chi connectivity index (χ1) is 10.7. The number of unbranched alkanes of at least 4 members (excludes halogenated alkanes) is 3. The van der Waals surface area contributed by atoms with Crippen LogP contribution in [0.25, 0.3) is 0 Å². The first-order valence-electron chi connectivity index (χ1n) is 8.70. The van der Waals surface area contributed by atoms with E-state index in [-0.39, 0.29) is 0 Å². The van der Waals surface area contributed by atoms with Crippen LogP contribution >= 0.6 is 0 Å². The quantitative estimate of drug-likeness (QED) is 0.185. The summed E-state index contributed by atoms with van der Waals surface area (Å²) in [5.74, 6) is 0. The topological polar surface area (TPSA) is 57.1 Å². The lowest BCUT2D eigenvalue weighted by Crippen LogP contribution is -2.46. The molecule has 5 nitrogen and oxygen atoms in total. The molecule has 0 aliphatic carbocycles. The van der Waals surface area contributed by atoms with E-state index < -0.39 is 8.80 Å². The summed E-state index contributed by atoms with van der Waals surface area (Å²) in [6, 6.07) is 0.718. The van der Waals surface area contributed by atoms with Crippen molar-refractivity contribution in [2.75, 3.05) is 26.4 Å². The number of isocyanates is 1. The van der Waals surface area contributed by atoms with Gasteiger partial charge in [-0.2, -0.15) is 0 Å². The van der Waals surface area contributed by atoms with Crippen LogP contribution < -0.4 is 0 Å². The molecule has 0 aromatic rings. The summed E-state index contributed by atoms with van der Waals surface area (Å²) in [6.07, 6.45) is 8.61. The molecule has 0 rings (SSSR count). The van der Waals surface area contributed by atoms with Gasteiger partial charge < -0.3 is 13.3 Å². The van der Waals surface area contributed by atoms with Gasteiger partial charge in [0.05, 0.1) is 6.54 Å². The van der Waals surface area contributed by atoms with Crippen LogP contribution in [0.1, 0.15) is 65.7 Å². The largest absolute Gasteiger partial charge is 0.501 e. The van der Waals surface area contributed by atoms with Gasteiger partial charge in [-0.15, -0.1) is 0 Å². The first-order valence-corrected chi connectivity index (χ1v) is 10.6. The van der Waals surface area contributed by atoms with Crippen molar-refractivity contribution in [2.45, 2.75) is 71.8 Å². The van der Waals surface area contributed by atoms with Crippen molar-refractivity contribution in [3.05, 3.63) is 0 Å². The molecule has 22 heavy (non-hydrogen) atoms. The van der Waals surface area contributed by atoms with Gasteiger partial charge in [0.25, 0.3) is 0 Å². The zero-order valence-electron chi connectivity index (χ0n) is 14.6. The van der Waals surface area contributed by atoms with E-state index in [2.05, 4.69) is 25.8 Å². The number of hydrogen-bond donors (Lipinski definition) is 0. The second-order valence-electron chi connectivity index (χ2n) is 5.37. The molecule has 0 aromatic carbocycles. The maximum absolute atomic E-state index is 10.2. The van der Waals surface area contributed by atoms with Crippen LogP contribution in [-0.4, -0.2) is 41.2 Å². The highest BCUT2D eigenvalue weighted by molar-refractivity contribution is 6.60. The molecular weight excluding hydrogens is 298 g/mol. The number of rotatable bonds is 16. The molecule has 130 valence electrons. The van der Waals surface area contributed by atoms with Crippen molar-refractivity contribution >= 4 is 14.9 Å². The summed E-state index contributed by atoms with van der Waals surface area (Å²) >= 11 is 0. The molecule has 0 unspecified atom stereocenters. The van der Waals surface area contributed by atoms with Crippen molar-refractivity contribution in [2.24, 2.45) is 4.99 Å². The minimum atomic E-state index is -2.65. The molecule has 0 aromatic heterocycles. The Morgan fingerprint density at radius 2 is 1.27 bits per heavy atom. The van der Waals surface area contributed by atoms with Gasteiger partial charge in [-0.1, -0.05) is 40.0 Å². The molecular formula is C16H33NO4Si. The second-order valence-corrected chi connectivity index (χ2v) is 8.10. The van der Waals surface area contributed by atoms with Gasteiger partial charge in [0.1, 0.15) is 0 Å². The van der Waals surface area contributed by atoms with Crippen LogP contribution in [0.15, 0.2) is 4.99 Å². The van der Waals surface area contributed by atoms with E-state index in [9.17, 15) is 4.79 Å². The number of hydrogen-bond acceptors (Lipinski definition) is 5. The molecule has 6 heteroatoms. The third-order valence-electron chi connectivity index (χ3n) is 3.28. The van der Waals surface area contributed by atoms with Gasteiger partial charge in [0.15, 0.2) is 0 Å². The van der Waals surface area contributed by atoms with Gasteiger partial charge in [-0.05, 0) is 25.7 Å². The van der Waals surface area contributed by atoms with E-state index in [0.29, 0.717) is 26.4 Å². The van der Waals surface area contributed by atoms with Gasteiger partial charge in [0, 0.05) is 25.9 Å². The van der Waals surface area contributed by atoms with E-state index in [4.69, 9.17) is 13.3 Å². The Morgan fingerprint density at radius 1 is 0.818 bits per heavy atom. The zero-order valence-corrected chi connectivity index (χ0v) is 15.6.